The van der Waals surface area contributed by atoms with Crippen molar-refractivity contribution in [2.45, 2.75) is 55.7 Å². The molecule has 206 valence electrons. The normalized spacial score (nSPS) is 11.1. The van der Waals surface area contributed by atoms with Gasteiger partial charge >= 0.3 is 11.9 Å². The molecule has 3 rings (SSSR count). The van der Waals surface area contributed by atoms with Gasteiger partial charge in [0.1, 0.15) is 5.75 Å². The highest BCUT2D eigenvalue weighted by Gasteiger charge is 2.18. The van der Waals surface area contributed by atoms with Gasteiger partial charge in [-0.15, -0.1) is 0 Å². The molecule has 9 heteroatoms. The van der Waals surface area contributed by atoms with E-state index in [1.807, 2.05) is 30.3 Å². The molecule has 8 nitrogen and oxygen atoms in total. The van der Waals surface area contributed by atoms with Crippen LogP contribution in [0.5, 0.6) is 5.75 Å². The molecule has 0 radical (unpaired) electrons. The Morgan fingerprint density at radius 1 is 0.737 bits per heavy atom. The molecule has 3 aromatic rings. The van der Waals surface area contributed by atoms with Gasteiger partial charge in [0.15, 0.2) is 0 Å². The Bertz CT molecular complexity index is 1250. The molecule has 0 aliphatic carbocycles. The SMILES string of the molecule is CCCCN(CCCC)CCCOc1ccc(S(=O)(=O)c2ccc3ccccc3c2)cc1.O=C(O)C(=O)O. The summed E-state index contributed by atoms with van der Waals surface area (Å²) < 4.78 is 32.0. The van der Waals surface area contributed by atoms with Crippen LogP contribution in [-0.4, -0.2) is 61.7 Å². The van der Waals surface area contributed by atoms with E-state index in [2.05, 4.69) is 18.7 Å². The van der Waals surface area contributed by atoms with Crippen molar-refractivity contribution in [2.75, 3.05) is 26.2 Å². The molecule has 0 aliphatic heterocycles. The number of rotatable bonds is 13. The van der Waals surface area contributed by atoms with E-state index in [-0.39, 0.29) is 4.90 Å². The molecule has 0 saturated heterocycles. The van der Waals surface area contributed by atoms with Crippen LogP contribution in [0.25, 0.3) is 10.8 Å². The van der Waals surface area contributed by atoms with E-state index in [9.17, 15) is 8.42 Å². The lowest BCUT2D eigenvalue weighted by Gasteiger charge is -2.21. The first-order valence-electron chi connectivity index (χ1n) is 12.8. The molecule has 0 spiro atoms. The summed E-state index contributed by atoms with van der Waals surface area (Å²) in [5, 5.41) is 16.7. The number of carboxylic acids is 2. The minimum Gasteiger partial charge on any atom is -0.494 e. The Morgan fingerprint density at radius 3 is 1.82 bits per heavy atom. The van der Waals surface area contributed by atoms with E-state index in [0.29, 0.717) is 17.3 Å². The van der Waals surface area contributed by atoms with Crippen LogP contribution in [0.1, 0.15) is 46.0 Å². The molecular formula is C29H37NO7S. The molecule has 0 saturated carbocycles. The maximum Gasteiger partial charge on any atom is 0.414 e. The van der Waals surface area contributed by atoms with Gasteiger partial charge < -0.3 is 19.8 Å². The summed E-state index contributed by atoms with van der Waals surface area (Å²) >= 11 is 0. The van der Waals surface area contributed by atoms with Gasteiger partial charge in [-0.2, -0.15) is 0 Å². The van der Waals surface area contributed by atoms with Crippen molar-refractivity contribution in [3.8, 4) is 5.75 Å². The van der Waals surface area contributed by atoms with E-state index >= 15 is 0 Å². The van der Waals surface area contributed by atoms with Crippen LogP contribution in [0.2, 0.25) is 0 Å². The van der Waals surface area contributed by atoms with Crippen molar-refractivity contribution >= 4 is 32.5 Å². The van der Waals surface area contributed by atoms with E-state index in [4.69, 9.17) is 24.5 Å². The molecule has 0 aliphatic rings. The quantitative estimate of drug-likeness (QED) is 0.214. The van der Waals surface area contributed by atoms with Gasteiger partial charge in [0.25, 0.3) is 0 Å². The van der Waals surface area contributed by atoms with Gasteiger partial charge in [-0.25, -0.2) is 18.0 Å². The number of ether oxygens (including phenoxy) is 1. The van der Waals surface area contributed by atoms with E-state index in [1.54, 1.807) is 36.4 Å². The fourth-order valence-electron chi connectivity index (χ4n) is 3.76. The smallest absolute Gasteiger partial charge is 0.414 e. The molecule has 3 aromatic carbocycles. The van der Waals surface area contributed by atoms with Gasteiger partial charge in [-0.1, -0.05) is 57.0 Å². The maximum absolute atomic E-state index is 13.1. The topological polar surface area (TPSA) is 121 Å². The largest absolute Gasteiger partial charge is 0.494 e. The Kier molecular flexibility index (Phi) is 12.8. The molecule has 2 N–H and O–H groups in total. The third-order valence-electron chi connectivity index (χ3n) is 5.89. The minimum absolute atomic E-state index is 0.283. The summed E-state index contributed by atoms with van der Waals surface area (Å²) in [6.45, 7) is 8.42. The number of aliphatic carboxylic acids is 2. The average Bonchev–Trinajstić information content (AvgIpc) is 2.92. The first-order chi connectivity index (χ1) is 18.2. The number of sulfone groups is 1. The summed E-state index contributed by atoms with van der Waals surface area (Å²) in [5.74, 6) is -2.94. The standard InChI is InChI=1S/C27H35NO3S.C2H2O4/c1-3-5-18-28(19-6-4-2)20-9-21-31-25-13-16-26(17-14-25)32(29,30)27-15-12-23-10-7-8-11-24(23)22-27;3-1(4)2(5)6/h7-8,10-17,22H,3-6,9,18-21H2,1-2H3;(H,3,4)(H,5,6). The molecule has 0 amide bonds. The number of carbonyl (C=O) groups is 2. The number of unbranched alkanes of at least 4 members (excludes halogenated alkanes) is 2. The highest BCUT2D eigenvalue weighted by atomic mass is 32.2. The number of carboxylic acid groups (broad SMARTS) is 2. The Labute approximate surface area is 224 Å². The maximum atomic E-state index is 13.1. The second-order valence-electron chi connectivity index (χ2n) is 8.84. The molecular weight excluding hydrogens is 506 g/mol. The summed E-state index contributed by atoms with van der Waals surface area (Å²) in [6, 6.07) is 19.8. The zero-order valence-corrected chi connectivity index (χ0v) is 22.8. The third-order valence-corrected chi connectivity index (χ3v) is 7.66. The van der Waals surface area contributed by atoms with Gasteiger partial charge in [-0.3, -0.25) is 0 Å². The highest BCUT2D eigenvalue weighted by Crippen LogP contribution is 2.26. The fourth-order valence-corrected chi connectivity index (χ4v) is 5.06. The molecule has 0 aromatic heterocycles. The van der Waals surface area contributed by atoms with Crippen LogP contribution < -0.4 is 4.74 Å². The monoisotopic (exact) mass is 543 g/mol. The van der Waals surface area contributed by atoms with Crippen molar-refractivity contribution < 1.29 is 33.0 Å². The van der Waals surface area contributed by atoms with Crippen molar-refractivity contribution in [2.24, 2.45) is 0 Å². The fraction of sp³-hybridized carbons (Fsp3) is 0.379. The number of benzene rings is 3. The molecule has 0 unspecified atom stereocenters. The average molecular weight is 544 g/mol. The number of hydrogen-bond donors (Lipinski definition) is 2. The summed E-state index contributed by atoms with van der Waals surface area (Å²) in [4.78, 5) is 21.3. The van der Waals surface area contributed by atoms with Crippen molar-refractivity contribution in [1.82, 2.24) is 4.90 Å². The highest BCUT2D eigenvalue weighted by molar-refractivity contribution is 7.91. The molecule has 0 heterocycles. The van der Waals surface area contributed by atoms with Gasteiger partial charge in [0.05, 0.1) is 16.4 Å². The van der Waals surface area contributed by atoms with E-state index < -0.39 is 21.8 Å². The summed E-state index contributed by atoms with van der Waals surface area (Å²) in [7, 11) is -3.56. The predicted molar refractivity (Wildman–Crippen MR) is 147 cm³/mol. The summed E-state index contributed by atoms with van der Waals surface area (Å²) in [5.41, 5.74) is 0. The Balaban J connectivity index is 0.000000757. The van der Waals surface area contributed by atoms with Crippen molar-refractivity contribution in [3.63, 3.8) is 0 Å². The summed E-state index contributed by atoms with van der Waals surface area (Å²) in [6.07, 6.45) is 5.86. The van der Waals surface area contributed by atoms with Crippen LogP contribution in [0.15, 0.2) is 76.5 Å². The van der Waals surface area contributed by atoms with Crippen LogP contribution in [0.3, 0.4) is 0 Å². The lowest BCUT2D eigenvalue weighted by molar-refractivity contribution is -0.159. The van der Waals surface area contributed by atoms with Gasteiger partial charge in [0, 0.05) is 6.54 Å². The second-order valence-corrected chi connectivity index (χ2v) is 10.8. The van der Waals surface area contributed by atoms with Gasteiger partial charge in [-0.05, 0) is 79.5 Å². The lowest BCUT2D eigenvalue weighted by Crippen LogP contribution is -2.28. The predicted octanol–water partition coefficient (Wildman–Crippen LogP) is 5.50. The molecule has 0 bridgehead atoms. The van der Waals surface area contributed by atoms with Crippen LogP contribution in [0.4, 0.5) is 0 Å². The number of hydrogen-bond acceptors (Lipinski definition) is 6. The molecule has 0 fully saturated rings. The minimum atomic E-state index is -3.56. The molecule has 0 atom stereocenters. The zero-order chi connectivity index (χ0) is 28.0. The van der Waals surface area contributed by atoms with Crippen LogP contribution in [-0.2, 0) is 19.4 Å². The van der Waals surface area contributed by atoms with E-state index in [0.717, 1.165) is 36.8 Å². The van der Waals surface area contributed by atoms with Crippen LogP contribution >= 0.6 is 0 Å². The first-order valence-corrected chi connectivity index (χ1v) is 14.3. The van der Waals surface area contributed by atoms with E-state index in [1.165, 1.54) is 25.7 Å². The van der Waals surface area contributed by atoms with Crippen molar-refractivity contribution in [3.05, 3.63) is 66.7 Å². The zero-order valence-electron chi connectivity index (χ0n) is 22.0. The molecule has 38 heavy (non-hydrogen) atoms. The number of nitrogens with zero attached hydrogens (tertiary/aromatic N) is 1. The number of fused-ring (bicyclic) bond motifs is 1. The van der Waals surface area contributed by atoms with Crippen LogP contribution in [0, 0.1) is 0 Å². The first kappa shape index (κ1) is 30.8. The Hall–Kier alpha value is -3.43. The van der Waals surface area contributed by atoms with Gasteiger partial charge in [0.2, 0.25) is 9.84 Å². The van der Waals surface area contributed by atoms with Crippen molar-refractivity contribution in [1.29, 1.82) is 0 Å². The Morgan fingerprint density at radius 2 is 1.26 bits per heavy atom. The second kappa shape index (κ2) is 15.7. The third kappa shape index (κ3) is 9.79. The lowest BCUT2D eigenvalue weighted by atomic mass is 10.1.